The number of carbonyl (C=O) groups is 1. The minimum absolute atomic E-state index is 0.103. The van der Waals surface area contributed by atoms with Crippen LogP contribution in [-0.2, 0) is 16.0 Å². The molecule has 0 unspecified atom stereocenters. The van der Waals surface area contributed by atoms with Gasteiger partial charge >= 0.3 is 5.97 Å². The number of unbranched alkanes of at least 4 members (excludes halogenated alkanes) is 11. The second-order valence-electron chi connectivity index (χ2n) is 8.10. The van der Waals surface area contributed by atoms with E-state index in [1.54, 1.807) is 0 Å². The topological polar surface area (TPSA) is 35.5 Å². The van der Waals surface area contributed by atoms with E-state index in [1.165, 1.54) is 76.2 Å². The average molecular weight is 405 g/mol. The molecule has 0 aliphatic carbocycles. The summed E-state index contributed by atoms with van der Waals surface area (Å²) in [6.07, 6.45) is 18.2. The van der Waals surface area contributed by atoms with Gasteiger partial charge in [0.05, 0.1) is 0 Å². The molecule has 1 aromatic carbocycles. The summed E-state index contributed by atoms with van der Waals surface area (Å²) >= 11 is 0. The minimum atomic E-state index is -0.103. The van der Waals surface area contributed by atoms with Crippen LogP contribution in [0.15, 0.2) is 24.3 Å². The number of esters is 1. The van der Waals surface area contributed by atoms with Crippen molar-refractivity contribution in [3.8, 4) is 5.75 Å². The van der Waals surface area contributed by atoms with Crippen molar-refractivity contribution in [3.63, 3.8) is 0 Å². The van der Waals surface area contributed by atoms with E-state index in [1.807, 2.05) is 12.1 Å². The van der Waals surface area contributed by atoms with Crippen LogP contribution in [0.1, 0.15) is 109 Å². The fourth-order valence-electron chi connectivity index (χ4n) is 3.48. The van der Waals surface area contributed by atoms with Gasteiger partial charge in [0.25, 0.3) is 0 Å². The molecule has 0 amide bonds. The molecule has 29 heavy (non-hydrogen) atoms. The van der Waals surface area contributed by atoms with Gasteiger partial charge in [-0.05, 0) is 37.0 Å². The monoisotopic (exact) mass is 404 g/mol. The Morgan fingerprint density at radius 3 is 1.86 bits per heavy atom. The maximum absolute atomic E-state index is 11.7. The SMILES string of the molecule is CCCCCCCCCc1ccc(OCCOC(=O)CCCCCCCC)cc1. The van der Waals surface area contributed by atoms with Gasteiger partial charge in [-0.3, -0.25) is 4.79 Å². The van der Waals surface area contributed by atoms with Gasteiger partial charge in [-0.15, -0.1) is 0 Å². The summed E-state index contributed by atoms with van der Waals surface area (Å²) < 4.78 is 10.9. The number of ether oxygens (including phenoxy) is 2. The van der Waals surface area contributed by atoms with E-state index in [4.69, 9.17) is 9.47 Å². The fourth-order valence-corrected chi connectivity index (χ4v) is 3.48. The number of hydrogen-bond acceptors (Lipinski definition) is 3. The Kier molecular flexibility index (Phi) is 16.3. The maximum atomic E-state index is 11.7. The molecule has 3 heteroatoms. The molecule has 0 bridgehead atoms. The molecule has 0 atom stereocenters. The third-order valence-electron chi connectivity index (χ3n) is 5.34. The van der Waals surface area contributed by atoms with Crippen molar-refractivity contribution in [3.05, 3.63) is 29.8 Å². The van der Waals surface area contributed by atoms with E-state index >= 15 is 0 Å². The molecule has 1 aromatic rings. The van der Waals surface area contributed by atoms with Gasteiger partial charge in [-0.1, -0.05) is 96.6 Å². The fraction of sp³-hybridized carbons (Fsp3) is 0.731. The van der Waals surface area contributed by atoms with Crippen molar-refractivity contribution in [2.75, 3.05) is 13.2 Å². The number of rotatable bonds is 19. The van der Waals surface area contributed by atoms with E-state index in [0.717, 1.165) is 25.0 Å². The Morgan fingerprint density at radius 1 is 0.690 bits per heavy atom. The molecule has 0 spiro atoms. The normalized spacial score (nSPS) is 10.8. The molecule has 1 rings (SSSR count). The first-order valence-electron chi connectivity index (χ1n) is 12.1. The second kappa shape index (κ2) is 18.5. The van der Waals surface area contributed by atoms with Crippen LogP contribution in [0.4, 0.5) is 0 Å². The Hall–Kier alpha value is -1.51. The lowest BCUT2D eigenvalue weighted by Gasteiger charge is -2.08. The van der Waals surface area contributed by atoms with E-state index in [-0.39, 0.29) is 5.97 Å². The molecule has 166 valence electrons. The lowest BCUT2D eigenvalue weighted by Crippen LogP contribution is -2.12. The van der Waals surface area contributed by atoms with E-state index in [0.29, 0.717) is 19.6 Å². The highest BCUT2D eigenvalue weighted by Gasteiger charge is 2.03. The molecule has 0 aliphatic heterocycles. The Balaban J connectivity index is 2.01. The molecule has 0 N–H and O–H groups in total. The zero-order valence-electron chi connectivity index (χ0n) is 19.1. The first-order valence-corrected chi connectivity index (χ1v) is 12.1. The summed E-state index contributed by atoms with van der Waals surface area (Å²) in [5.41, 5.74) is 1.37. The molecular formula is C26H44O3. The van der Waals surface area contributed by atoms with Gasteiger partial charge in [0.1, 0.15) is 19.0 Å². The highest BCUT2D eigenvalue weighted by atomic mass is 16.6. The number of benzene rings is 1. The molecule has 0 saturated heterocycles. The average Bonchev–Trinajstić information content (AvgIpc) is 2.74. The van der Waals surface area contributed by atoms with E-state index in [2.05, 4.69) is 26.0 Å². The van der Waals surface area contributed by atoms with Gasteiger partial charge in [0.2, 0.25) is 0 Å². The first-order chi connectivity index (χ1) is 14.3. The predicted molar refractivity (Wildman–Crippen MR) is 123 cm³/mol. The zero-order valence-corrected chi connectivity index (χ0v) is 19.1. The van der Waals surface area contributed by atoms with Crippen molar-refractivity contribution in [2.24, 2.45) is 0 Å². The summed E-state index contributed by atoms with van der Waals surface area (Å²) in [5.74, 6) is 0.745. The van der Waals surface area contributed by atoms with Gasteiger partial charge < -0.3 is 9.47 Å². The van der Waals surface area contributed by atoms with Gasteiger partial charge in [-0.25, -0.2) is 0 Å². The highest BCUT2D eigenvalue weighted by molar-refractivity contribution is 5.69. The minimum Gasteiger partial charge on any atom is -0.490 e. The van der Waals surface area contributed by atoms with E-state index < -0.39 is 0 Å². The van der Waals surface area contributed by atoms with Crippen molar-refractivity contribution in [1.82, 2.24) is 0 Å². The lowest BCUT2D eigenvalue weighted by atomic mass is 10.0. The maximum Gasteiger partial charge on any atom is 0.305 e. The van der Waals surface area contributed by atoms with Gasteiger partial charge in [0.15, 0.2) is 0 Å². The Labute approximate surface area is 179 Å². The molecule has 0 heterocycles. The number of carbonyl (C=O) groups excluding carboxylic acids is 1. The molecular weight excluding hydrogens is 360 g/mol. The highest BCUT2D eigenvalue weighted by Crippen LogP contribution is 2.15. The number of aryl methyl sites for hydroxylation is 1. The largest absolute Gasteiger partial charge is 0.490 e. The molecule has 0 fully saturated rings. The van der Waals surface area contributed by atoms with Crippen LogP contribution in [0.2, 0.25) is 0 Å². The Bertz CT molecular complexity index is 495. The summed E-state index contributed by atoms with van der Waals surface area (Å²) in [5, 5.41) is 0. The Morgan fingerprint density at radius 2 is 1.24 bits per heavy atom. The summed E-state index contributed by atoms with van der Waals surface area (Å²) in [6.45, 7) is 5.22. The van der Waals surface area contributed by atoms with E-state index in [9.17, 15) is 4.79 Å². The van der Waals surface area contributed by atoms with Crippen LogP contribution in [0.25, 0.3) is 0 Å². The molecule has 3 nitrogen and oxygen atoms in total. The molecule has 0 aromatic heterocycles. The second-order valence-corrected chi connectivity index (χ2v) is 8.10. The quantitative estimate of drug-likeness (QED) is 0.175. The van der Waals surface area contributed by atoms with Crippen LogP contribution in [0, 0.1) is 0 Å². The standard InChI is InChI=1S/C26H44O3/c1-3-5-7-9-11-12-14-16-24-18-20-25(21-19-24)28-22-23-29-26(27)17-15-13-10-8-6-4-2/h18-21H,3-17,22-23H2,1-2H3. The summed E-state index contributed by atoms with van der Waals surface area (Å²) in [6, 6.07) is 8.34. The first kappa shape index (κ1) is 25.5. The lowest BCUT2D eigenvalue weighted by molar-refractivity contribution is -0.144. The van der Waals surface area contributed by atoms with Crippen LogP contribution < -0.4 is 4.74 Å². The third kappa shape index (κ3) is 15.1. The van der Waals surface area contributed by atoms with Crippen molar-refractivity contribution >= 4 is 5.97 Å². The zero-order chi connectivity index (χ0) is 21.0. The van der Waals surface area contributed by atoms with Crippen molar-refractivity contribution in [1.29, 1.82) is 0 Å². The molecule has 0 aliphatic rings. The third-order valence-corrected chi connectivity index (χ3v) is 5.34. The van der Waals surface area contributed by atoms with Gasteiger partial charge in [0, 0.05) is 6.42 Å². The van der Waals surface area contributed by atoms with Gasteiger partial charge in [-0.2, -0.15) is 0 Å². The van der Waals surface area contributed by atoms with Crippen LogP contribution >= 0.6 is 0 Å². The summed E-state index contributed by atoms with van der Waals surface area (Å²) in [7, 11) is 0. The van der Waals surface area contributed by atoms with Crippen LogP contribution in [0.3, 0.4) is 0 Å². The van der Waals surface area contributed by atoms with Crippen molar-refractivity contribution in [2.45, 2.75) is 110 Å². The van der Waals surface area contributed by atoms with Crippen molar-refractivity contribution < 1.29 is 14.3 Å². The van der Waals surface area contributed by atoms with Crippen LogP contribution in [-0.4, -0.2) is 19.2 Å². The predicted octanol–water partition coefficient (Wildman–Crippen LogP) is 7.65. The number of hydrogen-bond donors (Lipinski definition) is 0. The molecule has 0 radical (unpaired) electrons. The van der Waals surface area contributed by atoms with Crippen LogP contribution in [0.5, 0.6) is 5.75 Å². The summed E-state index contributed by atoms with van der Waals surface area (Å²) in [4.78, 5) is 11.7. The smallest absolute Gasteiger partial charge is 0.305 e. The molecule has 0 saturated carbocycles.